The van der Waals surface area contributed by atoms with Gasteiger partial charge in [-0.05, 0) is 58.3 Å². The van der Waals surface area contributed by atoms with E-state index in [0.717, 1.165) is 30.4 Å². The predicted octanol–water partition coefficient (Wildman–Crippen LogP) is 5.41. The van der Waals surface area contributed by atoms with Gasteiger partial charge in [-0.1, -0.05) is 36.0 Å². The van der Waals surface area contributed by atoms with Crippen LogP contribution in [0.5, 0.6) is 5.75 Å². The Kier molecular flexibility index (Phi) is 6.03. The number of fused-ring (bicyclic) bond motifs is 1. The lowest BCUT2D eigenvalue weighted by Gasteiger charge is -2.13. The van der Waals surface area contributed by atoms with Crippen molar-refractivity contribution in [3.05, 3.63) is 84.3 Å². The molecule has 0 radical (unpaired) electrons. The molecule has 2 aromatic heterocycles. The molecule has 0 aliphatic carbocycles. The van der Waals surface area contributed by atoms with Crippen molar-refractivity contribution >= 4 is 56.6 Å². The van der Waals surface area contributed by atoms with Crippen LogP contribution in [-0.4, -0.2) is 16.7 Å². The Labute approximate surface area is 184 Å². The number of hydrogen-bond acceptors (Lipinski definition) is 5. The van der Waals surface area contributed by atoms with Crippen LogP contribution < -0.4 is 10.3 Å². The van der Waals surface area contributed by atoms with Crippen LogP contribution in [0.2, 0.25) is 0 Å². The molecule has 4 aromatic rings. The fourth-order valence-corrected chi connectivity index (χ4v) is 5.12. The van der Waals surface area contributed by atoms with E-state index >= 15 is 0 Å². The molecule has 0 atom stereocenters. The van der Waals surface area contributed by atoms with Crippen molar-refractivity contribution < 1.29 is 4.74 Å². The lowest BCUT2D eigenvalue weighted by molar-refractivity contribution is 0.411. The second kappa shape index (κ2) is 8.67. The molecule has 142 valence electrons. The standard InChI is InChI=1S/C21H17IN2O2S2/c1-26-19-7-3-2-5-14(19)13-28-21-23-18-9-8-15(22)11-17(18)20(25)24(21)12-16-6-4-10-27-16/h2-11H,12-13H2,1H3. The number of halogens is 1. The second-order valence-corrected chi connectivity index (χ2v) is 9.35. The van der Waals surface area contributed by atoms with Crippen molar-refractivity contribution in [1.29, 1.82) is 0 Å². The number of hydrogen-bond donors (Lipinski definition) is 0. The van der Waals surface area contributed by atoms with Crippen LogP contribution >= 0.6 is 45.7 Å². The molecule has 0 N–H and O–H groups in total. The van der Waals surface area contributed by atoms with E-state index in [1.54, 1.807) is 34.8 Å². The summed E-state index contributed by atoms with van der Waals surface area (Å²) in [5.74, 6) is 1.52. The largest absolute Gasteiger partial charge is 0.496 e. The van der Waals surface area contributed by atoms with Crippen molar-refractivity contribution in [3.63, 3.8) is 0 Å². The molecule has 0 saturated carbocycles. The molecular weight excluding hydrogens is 503 g/mol. The van der Waals surface area contributed by atoms with Gasteiger partial charge < -0.3 is 4.74 Å². The molecule has 4 rings (SSSR count). The maximum atomic E-state index is 13.2. The maximum Gasteiger partial charge on any atom is 0.262 e. The summed E-state index contributed by atoms with van der Waals surface area (Å²) in [4.78, 5) is 19.2. The van der Waals surface area contributed by atoms with Gasteiger partial charge in [-0.15, -0.1) is 11.3 Å². The second-order valence-electron chi connectivity index (χ2n) is 6.13. The van der Waals surface area contributed by atoms with E-state index in [1.165, 1.54) is 0 Å². The number of nitrogens with zero attached hydrogens (tertiary/aromatic N) is 2. The molecule has 0 unspecified atom stereocenters. The molecule has 2 aromatic carbocycles. The Morgan fingerprint density at radius 2 is 2.04 bits per heavy atom. The number of thiophene rings is 1. The average Bonchev–Trinajstić information content (AvgIpc) is 3.23. The zero-order valence-corrected chi connectivity index (χ0v) is 18.9. The van der Waals surface area contributed by atoms with Crippen LogP contribution in [0.1, 0.15) is 10.4 Å². The monoisotopic (exact) mass is 520 g/mol. The van der Waals surface area contributed by atoms with Crippen LogP contribution in [0.3, 0.4) is 0 Å². The van der Waals surface area contributed by atoms with Gasteiger partial charge in [0.05, 0.1) is 24.6 Å². The van der Waals surface area contributed by atoms with Gasteiger partial charge >= 0.3 is 0 Å². The number of rotatable bonds is 6. The van der Waals surface area contributed by atoms with Gasteiger partial charge in [-0.3, -0.25) is 9.36 Å². The normalized spacial score (nSPS) is 11.1. The van der Waals surface area contributed by atoms with Crippen molar-refractivity contribution in [1.82, 2.24) is 9.55 Å². The lowest BCUT2D eigenvalue weighted by atomic mass is 10.2. The van der Waals surface area contributed by atoms with Gasteiger partial charge in [0.25, 0.3) is 5.56 Å². The van der Waals surface area contributed by atoms with Gasteiger partial charge in [0.2, 0.25) is 0 Å². The number of methoxy groups -OCH3 is 1. The highest BCUT2D eigenvalue weighted by molar-refractivity contribution is 14.1. The lowest BCUT2D eigenvalue weighted by Crippen LogP contribution is -2.23. The minimum atomic E-state index is -0.000516. The Morgan fingerprint density at radius 3 is 2.82 bits per heavy atom. The van der Waals surface area contributed by atoms with Crippen molar-refractivity contribution in [2.24, 2.45) is 0 Å². The minimum Gasteiger partial charge on any atom is -0.496 e. The molecule has 0 spiro atoms. The molecular formula is C21H17IN2O2S2. The summed E-state index contributed by atoms with van der Waals surface area (Å²) in [5, 5.41) is 3.41. The number of benzene rings is 2. The summed E-state index contributed by atoms with van der Waals surface area (Å²) in [6.45, 7) is 0.527. The fourth-order valence-electron chi connectivity index (χ4n) is 2.95. The summed E-state index contributed by atoms with van der Waals surface area (Å²) >= 11 is 5.43. The summed E-state index contributed by atoms with van der Waals surface area (Å²) in [7, 11) is 1.67. The first-order valence-corrected chi connectivity index (χ1v) is 11.6. The van der Waals surface area contributed by atoms with Crippen molar-refractivity contribution in [2.45, 2.75) is 17.5 Å². The third kappa shape index (κ3) is 4.11. The average molecular weight is 520 g/mol. The van der Waals surface area contributed by atoms with Crippen molar-refractivity contribution in [2.75, 3.05) is 7.11 Å². The van der Waals surface area contributed by atoms with Crippen molar-refractivity contribution in [3.8, 4) is 5.75 Å². The highest BCUT2D eigenvalue weighted by Gasteiger charge is 2.14. The van der Waals surface area contributed by atoms with Gasteiger partial charge in [0.15, 0.2) is 5.16 Å². The molecule has 4 nitrogen and oxygen atoms in total. The van der Waals surface area contributed by atoms with E-state index in [0.29, 0.717) is 17.7 Å². The zero-order chi connectivity index (χ0) is 19.5. The Morgan fingerprint density at radius 1 is 1.18 bits per heavy atom. The summed E-state index contributed by atoms with van der Waals surface area (Å²) in [6.07, 6.45) is 0. The molecule has 7 heteroatoms. The van der Waals surface area contributed by atoms with Gasteiger partial charge in [-0.25, -0.2) is 4.98 Å². The summed E-state index contributed by atoms with van der Waals surface area (Å²) in [6, 6.07) is 17.8. The summed E-state index contributed by atoms with van der Waals surface area (Å²) < 4.78 is 8.27. The first-order valence-electron chi connectivity index (χ1n) is 8.63. The van der Waals surface area contributed by atoms with E-state index in [4.69, 9.17) is 9.72 Å². The van der Waals surface area contributed by atoms with Crippen LogP contribution in [0.4, 0.5) is 0 Å². The van der Waals surface area contributed by atoms with E-state index < -0.39 is 0 Å². The van der Waals surface area contributed by atoms with Crippen LogP contribution in [0.15, 0.2) is 69.9 Å². The molecule has 0 fully saturated rings. The first-order chi connectivity index (χ1) is 13.7. The SMILES string of the molecule is COc1ccccc1CSc1nc2ccc(I)cc2c(=O)n1Cc1cccs1. The molecule has 28 heavy (non-hydrogen) atoms. The van der Waals surface area contributed by atoms with Gasteiger partial charge in [0, 0.05) is 19.8 Å². The number of thioether (sulfide) groups is 1. The fraction of sp³-hybridized carbons (Fsp3) is 0.143. The number of ether oxygens (including phenoxy) is 1. The van der Waals surface area contributed by atoms with E-state index in [-0.39, 0.29) is 5.56 Å². The molecule has 2 heterocycles. The predicted molar refractivity (Wildman–Crippen MR) is 125 cm³/mol. The molecule has 0 saturated heterocycles. The zero-order valence-electron chi connectivity index (χ0n) is 15.1. The third-order valence-corrected chi connectivity index (χ3v) is 6.88. The Balaban J connectivity index is 1.77. The van der Waals surface area contributed by atoms with Crippen LogP contribution in [0, 0.1) is 3.57 Å². The number of para-hydroxylation sites is 1. The maximum absolute atomic E-state index is 13.2. The Hall–Kier alpha value is -1.84. The third-order valence-electron chi connectivity index (χ3n) is 4.32. The Bertz CT molecular complexity index is 1170. The minimum absolute atomic E-state index is 0.000516. The first kappa shape index (κ1) is 19.5. The molecule has 0 bridgehead atoms. The highest BCUT2D eigenvalue weighted by atomic mass is 127. The van der Waals surface area contributed by atoms with Gasteiger partial charge in [0.1, 0.15) is 5.75 Å². The number of aromatic nitrogens is 2. The molecule has 0 amide bonds. The van der Waals surface area contributed by atoms with E-state index in [9.17, 15) is 4.79 Å². The van der Waals surface area contributed by atoms with Crippen LogP contribution in [-0.2, 0) is 12.3 Å². The van der Waals surface area contributed by atoms with E-state index in [2.05, 4.69) is 22.6 Å². The molecule has 0 aliphatic heterocycles. The van der Waals surface area contributed by atoms with Gasteiger partial charge in [-0.2, -0.15) is 0 Å². The quantitative estimate of drug-likeness (QED) is 0.194. The smallest absolute Gasteiger partial charge is 0.262 e. The topological polar surface area (TPSA) is 44.1 Å². The van der Waals surface area contributed by atoms with E-state index in [1.807, 2.05) is 60.0 Å². The molecule has 0 aliphatic rings. The van der Waals surface area contributed by atoms with Crippen LogP contribution in [0.25, 0.3) is 10.9 Å². The highest BCUT2D eigenvalue weighted by Crippen LogP contribution is 2.28. The summed E-state index contributed by atoms with van der Waals surface area (Å²) in [5.41, 5.74) is 1.81.